The van der Waals surface area contributed by atoms with Crippen molar-refractivity contribution >= 4 is 16.2 Å². The van der Waals surface area contributed by atoms with Gasteiger partial charge in [0.15, 0.2) is 0 Å². The minimum atomic E-state index is -3.58. The monoisotopic (exact) mass is 318 g/mol. The van der Waals surface area contributed by atoms with Crippen molar-refractivity contribution in [3.8, 4) is 0 Å². The third-order valence-electron chi connectivity index (χ3n) is 4.77. The summed E-state index contributed by atoms with van der Waals surface area (Å²) in [6.45, 7) is 2.42. The Hall–Kier alpha value is -0.660. The predicted octanol–water partition coefficient (Wildman–Crippen LogP) is 1.59. The fraction of sp³-hybridized carbons (Fsp3) is 0.929. The molecular formula is C14H26N2O4S. The molecule has 2 unspecified atom stereocenters. The highest BCUT2D eigenvalue weighted by molar-refractivity contribution is 7.87. The lowest BCUT2D eigenvalue weighted by atomic mass is 9.85. The summed E-state index contributed by atoms with van der Waals surface area (Å²) in [7, 11) is -3.58. The van der Waals surface area contributed by atoms with E-state index in [2.05, 4.69) is 4.72 Å². The zero-order valence-electron chi connectivity index (χ0n) is 12.6. The third kappa shape index (κ3) is 4.40. The summed E-state index contributed by atoms with van der Waals surface area (Å²) in [5.41, 5.74) is 0. The van der Waals surface area contributed by atoms with Crippen molar-refractivity contribution in [3.05, 3.63) is 0 Å². The summed E-state index contributed by atoms with van der Waals surface area (Å²) < 4.78 is 28.9. The zero-order chi connectivity index (χ0) is 15.5. The largest absolute Gasteiger partial charge is 0.481 e. The molecule has 2 atom stereocenters. The molecule has 1 saturated carbocycles. The van der Waals surface area contributed by atoms with Crippen LogP contribution in [0.15, 0.2) is 0 Å². The first-order valence-corrected chi connectivity index (χ1v) is 9.34. The van der Waals surface area contributed by atoms with Gasteiger partial charge in [0.2, 0.25) is 0 Å². The van der Waals surface area contributed by atoms with E-state index in [0.29, 0.717) is 25.3 Å². The van der Waals surface area contributed by atoms with Crippen LogP contribution in [-0.4, -0.2) is 42.9 Å². The van der Waals surface area contributed by atoms with Gasteiger partial charge in [-0.2, -0.15) is 17.4 Å². The number of hydrogen-bond acceptors (Lipinski definition) is 3. The van der Waals surface area contributed by atoms with Crippen LogP contribution < -0.4 is 4.72 Å². The number of carboxylic acid groups (broad SMARTS) is 1. The Balaban J connectivity index is 1.95. The van der Waals surface area contributed by atoms with Crippen LogP contribution in [0.1, 0.15) is 51.9 Å². The maximum atomic E-state index is 12.4. The van der Waals surface area contributed by atoms with E-state index in [9.17, 15) is 13.2 Å². The van der Waals surface area contributed by atoms with Gasteiger partial charge >= 0.3 is 5.97 Å². The van der Waals surface area contributed by atoms with E-state index in [1.54, 1.807) is 0 Å². The van der Waals surface area contributed by atoms with E-state index in [1.807, 2.05) is 6.92 Å². The van der Waals surface area contributed by atoms with Crippen LogP contribution in [0.5, 0.6) is 0 Å². The van der Waals surface area contributed by atoms with Crippen LogP contribution in [0.25, 0.3) is 0 Å². The second-order valence-electron chi connectivity index (χ2n) is 6.35. The Bertz CT molecular complexity index is 460. The molecule has 21 heavy (non-hydrogen) atoms. The number of carboxylic acids is 1. The number of rotatable bonds is 5. The number of nitrogens with zero attached hydrogens (tertiary/aromatic N) is 1. The number of aliphatic carboxylic acids is 1. The van der Waals surface area contributed by atoms with Gasteiger partial charge in [0.05, 0.1) is 5.92 Å². The Labute approximate surface area is 127 Å². The van der Waals surface area contributed by atoms with Gasteiger partial charge < -0.3 is 5.11 Å². The lowest BCUT2D eigenvalue weighted by Crippen LogP contribution is -2.51. The molecule has 1 aliphatic heterocycles. The smallest absolute Gasteiger partial charge is 0.307 e. The van der Waals surface area contributed by atoms with Crippen molar-refractivity contribution in [3.63, 3.8) is 0 Å². The van der Waals surface area contributed by atoms with Gasteiger partial charge in [-0.15, -0.1) is 0 Å². The van der Waals surface area contributed by atoms with Crippen molar-refractivity contribution < 1.29 is 18.3 Å². The van der Waals surface area contributed by atoms with Gasteiger partial charge in [-0.1, -0.05) is 19.3 Å². The normalized spacial score (nSPS) is 27.4. The quantitative estimate of drug-likeness (QED) is 0.806. The minimum absolute atomic E-state index is 0.0829. The lowest BCUT2D eigenvalue weighted by molar-refractivity contribution is -0.142. The molecular weight excluding hydrogens is 292 g/mol. The van der Waals surface area contributed by atoms with Crippen LogP contribution >= 0.6 is 0 Å². The van der Waals surface area contributed by atoms with Crippen molar-refractivity contribution in [2.24, 2.45) is 11.8 Å². The maximum Gasteiger partial charge on any atom is 0.307 e. The molecule has 2 fully saturated rings. The summed E-state index contributed by atoms with van der Waals surface area (Å²) >= 11 is 0. The van der Waals surface area contributed by atoms with Gasteiger partial charge in [0.25, 0.3) is 10.2 Å². The van der Waals surface area contributed by atoms with E-state index >= 15 is 0 Å². The van der Waals surface area contributed by atoms with E-state index < -0.39 is 22.1 Å². The highest BCUT2D eigenvalue weighted by Gasteiger charge is 2.34. The van der Waals surface area contributed by atoms with E-state index in [-0.39, 0.29) is 12.6 Å². The Morgan fingerprint density at radius 3 is 2.48 bits per heavy atom. The first kappa shape index (κ1) is 16.7. The predicted molar refractivity (Wildman–Crippen MR) is 80.0 cm³/mol. The number of piperidine rings is 1. The fourth-order valence-electron chi connectivity index (χ4n) is 3.40. The van der Waals surface area contributed by atoms with Crippen LogP contribution in [0.2, 0.25) is 0 Å². The second kappa shape index (κ2) is 7.07. The molecule has 0 radical (unpaired) electrons. The second-order valence-corrected chi connectivity index (χ2v) is 8.05. The Morgan fingerprint density at radius 2 is 1.86 bits per heavy atom. The fourth-order valence-corrected chi connectivity index (χ4v) is 4.96. The molecule has 1 heterocycles. The van der Waals surface area contributed by atoms with Gasteiger partial charge in [-0.3, -0.25) is 4.79 Å². The molecule has 0 aromatic carbocycles. The summed E-state index contributed by atoms with van der Waals surface area (Å²) in [5, 5.41) is 9.07. The molecule has 2 aliphatic rings. The molecule has 1 aliphatic carbocycles. The molecule has 0 amide bonds. The Morgan fingerprint density at radius 1 is 1.19 bits per heavy atom. The maximum absolute atomic E-state index is 12.4. The summed E-state index contributed by atoms with van der Waals surface area (Å²) in [6, 6.07) is -0.0829. The highest BCUT2D eigenvalue weighted by atomic mass is 32.2. The van der Waals surface area contributed by atoms with E-state index in [4.69, 9.17) is 5.11 Å². The topological polar surface area (TPSA) is 86.7 Å². The summed E-state index contributed by atoms with van der Waals surface area (Å²) in [6.07, 6.45) is 6.88. The molecule has 1 saturated heterocycles. The summed E-state index contributed by atoms with van der Waals surface area (Å²) in [4.78, 5) is 11.1. The van der Waals surface area contributed by atoms with Crippen molar-refractivity contribution in [2.75, 3.05) is 13.1 Å². The third-order valence-corrected chi connectivity index (χ3v) is 6.45. The zero-order valence-corrected chi connectivity index (χ0v) is 13.4. The van der Waals surface area contributed by atoms with Gasteiger partial charge in [-0.25, -0.2) is 0 Å². The summed E-state index contributed by atoms with van der Waals surface area (Å²) in [5.74, 6) is -1.09. The SMILES string of the molecule is CC(NS(=O)(=O)N1CCCC(C(=O)O)C1)C1CCCCC1. The molecule has 0 bridgehead atoms. The lowest BCUT2D eigenvalue weighted by Gasteiger charge is -2.33. The number of carbonyl (C=O) groups is 1. The number of hydrogen-bond donors (Lipinski definition) is 2. The van der Waals surface area contributed by atoms with Crippen molar-refractivity contribution in [1.29, 1.82) is 0 Å². The molecule has 6 nitrogen and oxygen atoms in total. The molecule has 2 rings (SSSR count). The molecule has 0 spiro atoms. The molecule has 0 aromatic rings. The van der Waals surface area contributed by atoms with Gasteiger partial charge in [0.1, 0.15) is 0 Å². The standard InChI is InChI=1S/C14H26N2O4S/c1-11(12-6-3-2-4-7-12)15-21(19,20)16-9-5-8-13(10-16)14(17)18/h11-13,15H,2-10H2,1H3,(H,17,18). The van der Waals surface area contributed by atoms with Crippen LogP contribution in [0.4, 0.5) is 0 Å². The molecule has 2 N–H and O–H groups in total. The first-order chi connectivity index (χ1) is 9.90. The molecule has 7 heteroatoms. The molecule has 122 valence electrons. The van der Waals surface area contributed by atoms with Crippen LogP contribution in [0.3, 0.4) is 0 Å². The van der Waals surface area contributed by atoms with E-state index in [0.717, 1.165) is 12.8 Å². The van der Waals surface area contributed by atoms with Crippen molar-refractivity contribution in [1.82, 2.24) is 9.03 Å². The minimum Gasteiger partial charge on any atom is -0.481 e. The number of nitrogens with one attached hydrogen (secondary N) is 1. The van der Waals surface area contributed by atoms with Crippen LogP contribution in [-0.2, 0) is 15.0 Å². The highest BCUT2D eigenvalue weighted by Crippen LogP contribution is 2.27. The Kier molecular flexibility index (Phi) is 5.62. The van der Waals surface area contributed by atoms with Crippen LogP contribution in [0, 0.1) is 11.8 Å². The van der Waals surface area contributed by atoms with Crippen molar-refractivity contribution in [2.45, 2.75) is 57.9 Å². The van der Waals surface area contributed by atoms with Gasteiger partial charge in [-0.05, 0) is 38.5 Å². The average Bonchev–Trinajstić information content (AvgIpc) is 2.48. The first-order valence-electron chi connectivity index (χ1n) is 7.90. The average molecular weight is 318 g/mol. The molecule has 0 aromatic heterocycles. The van der Waals surface area contributed by atoms with Gasteiger partial charge in [0, 0.05) is 19.1 Å². The van der Waals surface area contributed by atoms with E-state index in [1.165, 1.54) is 23.6 Å².